The van der Waals surface area contributed by atoms with Gasteiger partial charge in [0.1, 0.15) is 5.82 Å². The molecule has 7 heteroatoms. The van der Waals surface area contributed by atoms with Gasteiger partial charge < -0.3 is 14.2 Å². The zero-order valence-corrected chi connectivity index (χ0v) is 17.8. The molecule has 2 aromatic heterocycles. The molecule has 2 aliphatic heterocycles. The summed E-state index contributed by atoms with van der Waals surface area (Å²) in [5, 5.41) is 0.965. The molecular formula is C24H27FN4O2. The smallest absolute Gasteiger partial charge is 0.255 e. The molecule has 0 radical (unpaired) electrons. The number of pyridine rings is 1. The third-order valence-electron chi connectivity index (χ3n) is 6.44. The van der Waals surface area contributed by atoms with Crippen LogP contribution < -0.4 is 0 Å². The first-order valence-corrected chi connectivity index (χ1v) is 10.9. The Balaban J connectivity index is 1.34. The number of fused-ring (bicyclic) bond motifs is 1. The normalized spacial score (nSPS) is 19.9. The highest BCUT2D eigenvalue weighted by Crippen LogP contribution is 2.34. The lowest BCUT2D eigenvalue weighted by Gasteiger charge is -2.27. The Labute approximate surface area is 181 Å². The summed E-state index contributed by atoms with van der Waals surface area (Å²) in [4.78, 5) is 21.6. The largest absolute Gasteiger partial charge is 0.378 e. The molecule has 0 spiro atoms. The van der Waals surface area contributed by atoms with E-state index in [4.69, 9.17) is 4.74 Å². The molecule has 5 rings (SSSR count). The second-order valence-electron chi connectivity index (χ2n) is 8.43. The zero-order chi connectivity index (χ0) is 21.4. The second-order valence-corrected chi connectivity index (χ2v) is 8.43. The predicted octanol–water partition coefficient (Wildman–Crippen LogP) is 3.52. The Bertz CT molecular complexity index is 1090. The molecule has 2 aliphatic rings. The Morgan fingerprint density at radius 3 is 2.81 bits per heavy atom. The van der Waals surface area contributed by atoms with E-state index in [9.17, 15) is 9.18 Å². The fraction of sp³-hybridized carbons (Fsp3) is 0.417. The van der Waals surface area contributed by atoms with Crippen molar-refractivity contribution in [3.05, 3.63) is 65.4 Å². The minimum absolute atomic E-state index is 0.0170. The summed E-state index contributed by atoms with van der Waals surface area (Å²) in [6.07, 6.45) is 5.93. The summed E-state index contributed by atoms with van der Waals surface area (Å²) in [6.45, 7) is 4.16. The molecule has 2 fully saturated rings. The topological polar surface area (TPSA) is 50.6 Å². The van der Waals surface area contributed by atoms with Gasteiger partial charge in [-0.3, -0.25) is 14.7 Å². The van der Waals surface area contributed by atoms with Gasteiger partial charge in [-0.25, -0.2) is 4.39 Å². The summed E-state index contributed by atoms with van der Waals surface area (Å²) in [5.41, 5.74) is 3.78. The number of amides is 1. The summed E-state index contributed by atoms with van der Waals surface area (Å²) in [7, 11) is 2.00. The fourth-order valence-electron chi connectivity index (χ4n) is 4.82. The van der Waals surface area contributed by atoms with E-state index in [0.29, 0.717) is 31.9 Å². The third-order valence-corrected chi connectivity index (χ3v) is 6.44. The van der Waals surface area contributed by atoms with Gasteiger partial charge in [0.2, 0.25) is 0 Å². The number of nitrogens with zero attached hydrogens (tertiary/aromatic N) is 4. The highest BCUT2D eigenvalue weighted by molar-refractivity contribution is 5.94. The van der Waals surface area contributed by atoms with Crippen molar-refractivity contribution in [2.75, 3.05) is 32.8 Å². The molecule has 6 nitrogen and oxygen atoms in total. The molecule has 3 aromatic rings. The van der Waals surface area contributed by atoms with Crippen LogP contribution in [-0.4, -0.2) is 58.1 Å². The monoisotopic (exact) mass is 422 g/mol. The van der Waals surface area contributed by atoms with E-state index >= 15 is 0 Å². The molecule has 0 N–H and O–H groups in total. The van der Waals surface area contributed by atoms with Gasteiger partial charge in [-0.05, 0) is 55.3 Å². The minimum atomic E-state index is -0.208. The fourth-order valence-corrected chi connectivity index (χ4v) is 4.82. The first-order chi connectivity index (χ1) is 15.1. The van der Waals surface area contributed by atoms with Crippen LogP contribution in [-0.2, 0) is 18.3 Å². The van der Waals surface area contributed by atoms with E-state index in [0.717, 1.165) is 48.1 Å². The van der Waals surface area contributed by atoms with Gasteiger partial charge in [0, 0.05) is 50.0 Å². The number of morpholine rings is 1. The van der Waals surface area contributed by atoms with Crippen molar-refractivity contribution in [3.63, 3.8) is 0 Å². The summed E-state index contributed by atoms with van der Waals surface area (Å²) < 4.78 is 21.2. The molecule has 162 valence electrons. The van der Waals surface area contributed by atoms with Crippen molar-refractivity contribution in [1.29, 1.82) is 0 Å². The molecule has 0 aliphatic carbocycles. The summed E-state index contributed by atoms with van der Waals surface area (Å²) in [6, 6.07) is 9.05. The first kappa shape index (κ1) is 20.2. The van der Waals surface area contributed by atoms with Crippen LogP contribution in [0.2, 0.25) is 0 Å². The molecule has 0 bridgehead atoms. The Hall–Kier alpha value is -2.77. The number of rotatable bonds is 4. The first-order valence-electron chi connectivity index (χ1n) is 10.9. The maximum Gasteiger partial charge on any atom is 0.255 e. The van der Waals surface area contributed by atoms with Gasteiger partial charge >= 0.3 is 0 Å². The van der Waals surface area contributed by atoms with Gasteiger partial charge in [0.25, 0.3) is 5.91 Å². The van der Waals surface area contributed by atoms with Crippen LogP contribution in [0.3, 0.4) is 0 Å². The van der Waals surface area contributed by atoms with Crippen LogP contribution in [0.25, 0.3) is 10.9 Å². The van der Waals surface area contributed by atoms with E-state index < -0.39 is 0 Å². The van der Waals surface area contributed by atoms with Gasteiger partial charge in [-0.15, -0.1) is 0 Å². The number of carbonyl (C=O) groups excluding carboxylic acids is 1. The molecule has 0 unspecified atom stereocenters. The average molecular weight is 423 g/mol. The van der Waals surface area contributed by atoms with Crippen molar-refractivity contribution >= 4 is 16.8 Å². The van der Waals surface area contributed by atoms with Crippen LogP contribution in [0.5, 0.6) is 0 Å². The van der Waals surface area contributed by atoms with Gasteiger partial charge in [0.15, 0.2) is 0 Å². The molecule has 1 atom stereocenters. The quantitative estimate of drug-likeness (QED) is 0.646. The highest BCUT2D eigenvalue weighted by atomic mass is 19.1. The van der Waals surface area contributed by atoms with Crippen molar-refractivity contribution in [3.8, 4) is 0 Å². The number of benzene rings is 1. The number of aromatic nitrogens is 2. The van der Waals surface area contributed by atoms with E-state index in [2.05, 4.69) is 20.6 Å². The van der Waals surface area contributed by atoms with Crippen molar-refractivity contribution in [2.24, 2.45) is 7.05 Å². The summed E-state index contributed by atoms with van der Waals surface area (Å²) in [5.74, 6) is -0.191. The maximum absolute atomic E-state index is 13.8. The number of hydrogen-bond donors (Lipinski definition) is 0. The van der Waals surface area contributed by atoms with Gasteiger partial charge in [-0.1, -0.05) is 0 Å². The van der Waals surface area contributed by atoms with Crippen LogP contribution in [0.4, 0.5) is 4.39 Å². The van der Waals surface area contributed by atoms with Crippen LogP contribution in [0.15, 0.2) is 42.7 Å². The number of halogens is 1. The van der Waals surface area contributed by atoms with E-state index in [1.807, 2.05) is 30.1 Å². The summed E-state index contributed by atoms with van der Waals surface area (Å²) >= 11 is 0. The molecular weight excluding hydrogens is 395 g/mol. The van der Waals surface area contributed by atoms with Crippen molar-refractivity contribution in [1.82, 2.24) is 19.4 Å². The van der Waals surface area contributed by atoms with Crippen LogP contribution in [0.1, 0.15) is 40.5 Å². The lowest BCUT2D eigenvalue weighted by molar-refractivity contribution is 0.0302. The molecule has 4 heterocycles. The number of aryl methyl sites for hydroxylation is 1. The average Bonchev–Trinajstić information content (AvgIpc) is 3.38. The molecule has 1 amide bonds. The minimum Gasteiger partial charge on any atom is -0.378 e. The van der Waals surface area contributed by atoms with Crippen LogP contribution in [0, 0.1) is 5.82 Å². The number of ether oxygens (including phenoxy) is 1. The molecule has 1 aromatic carbocycles. The molecule has 0 saturated carbocycles. The van der Waals surface area contributed by atoms with E-state index in [1.165, 1.54) is 6.07 Å². The third kappa shape index (κ3) is 3.95. The molecule has 2 saturated heterocycles. The predicted molar refractivity (Wildman–Crippen MR) is 116 cm³/mol. The Kier molecular flexibility index (Phi) is 5.46. The molecule has 31 heavy (non-hydrogen) atoms. The van der Waals surface area contributed by atoms with Gasteiger partial charge in [-0.2, -0.15) is 0 Å². The number of carbonyl (C=O) groups is 1. The maximum atomic E-state index is 13.8. The van der Waals surface area contributed by atoms with E-state index in [-0.39, 0.29) is 17.8 Å². The van der Waals surface area contributed by atoms with Gasteiger partial charge in [0.05, 0.1) is 30.5 Å². The lowest BCUT2D eigenvalue weighted by atomic mass is 10.1. The Morgan fingerprint density at radius 1 is 1.19 bits per heavy atom. The van der Waals surface area contributed by atoms with Crippen molar-refractivity contribution in [2.45, 2.75) is 25.4 Å². The van der Waals surface area contributed by atoms with Crippen LogP contribution >= 0.6 is 0 Å². The van der Waals surface area contributed by atoms with E-state index in [1.54, 1.807) is 12.3 Å². The highest BCUT2D eigenvalue weighted by Gasteiger charge is 2.28. The Morgan fingerprint density at radius 2 is 2.03 bits per heavy atom. The standard InChI is InChI=1S/C24H27FN4O2/c1-27-15-18(20-13-19(25)5-7-22(20)27)16-29-8-2-3-23(29)21-6-4-17(14-26-21)24(30)28-9-11-31-12-10-28/h4-7,13-15,23H,2-3,8-12,16H2,1H3/t23-/m0/s1. The number of likely N-dealkylation sites (tertiary alicyclic amines) is 1. The number of hydrogen-bond acceptors (Lipinski definition) is 4. The van der Waals surface area contributed by atoms with Crippen molar-refractivity contribution < 1.29 is 13.9 Å². The lowest BCUT2D eigenvalue weighted by Crippen LogP contribution is -2.40. The second kappa shape index (κ2) is 8.40. The SMILES string of the molecule is Cn1cc(CN2CCC[C@H]2c2ccc(C(=O)N3CCOCC3)cn2)c2cc(F)ccc21. The zero-order valence-electron chi connectivity index (χ0n) is 17.8.